The highest BCUT2D eigenvalue weighted by atomic mass is 32.1. The first-order chi connectivity index (χ1) is 18.7. The van der Waals surface area contributed by atoms with Crippen LogP contribution >= 0.6 is 11.3 Å². The van der Waals surface area contributed by atoms with Crippen LogP contribution in [0.15, 0.2) is 60.0 Å². The normalized spacial score (nSPS) is 14.2. The smallest absolute Gasteiger partial charge is 0.494 e. The largest absolute Gasteiger partial charge is 0.515 e. The number of thiophene rings is 1. The average Bonchev–Trinajstić information content (AvgIpc) is 3.42. The fourth-order valence-electron chi connectivity index (χ4n) is 4.64. The van der Waals surface area contributed by atoms with Crippen molar-refractivity contribution < 1.29 is 23.7 Å². The molecule has 0 radical (unpaired) electrons. The SMILES string of the molecule is COCCOC(=O)Oc1ccc2ccc(OCCCCN3CCN(c4cccc5sccc45)CC3)cc2n1. The van der Waals surface area contributed by atoms with Crippen molar-refractivity contribution in [3.05, 3.63) is 60.0 Å². The molecule has 200 valence electrons. The molecule has 0 bridgehead atoms. The third-order valence-corrected chi connectivity index (χ3v) is 7.54. The van der Waals surface area contributed by atoms with Gasteiger partial charge in [-0.15, -0.1) is 11.3 Å². The van der Waals surface area contributed by atoms with Crippen molar-refractivity contribution >= 4 is 44.2 Å². The molecule has 5 rings (SSSR count). The van der Waals surface area contributed by atoms with E-state index in [1.165, 1.54) is 22.9 Å². The molecule has 0 spiro atoms. The number of fused-ring (bicyclic) bond motifs is 2. The molecule has 2 aromatic heterocycles. The zero-order chi connectivity index (χ0) is 26.2. The number of carbonyl (C=O) groups is 1. The zero-order valence-electron chi connectivity index (χ0n) is 21.6. The number of ether oxygens (including phenoxy) is 4. The van der Waals surface area contributed by atoms with Gasteiger partial charge in [-0.2, -0.15) is 0 Å². The van der Waals surface area contributed by atoms with E-state index in [0.29, 0.717) is 18.7 Å². The second-order valence-electron chi connectivity index (χ2n) is 9.19. The van der Waals surface area contributed by atoms with Crippen LogP contribution in [0.3, 0.4) is 0 Å². The number of hydrogen-bond acceptors (Lipinski definition) is 9. The summed E-state index contributed by atoms with van der Waals surface area (Å²) in [4.78, 5) is 21.2. The second-order valence-corrected chi connectivity index (χ2v) is 10.1. The van der Waals surface area contributed by atoms with E-state index in [1.54, 1.807) is 6.07 Å². The topological polar surface area (TPSA) is 73.4 Å². The van der Waals surface area contributed by atoms with E-state index in [4.69, 9.17) is 18.9 Å². The first-order valence-electron chi connectivity index (χ1n) is 13.0. The lowest BCUT2D eigenvalue weighted by molar-refractivity contribution is 0.0676. The summed E-state index contributed by atoms with van der Waals surface area (Å²) in [7, 11) is 1.54. The maximum atomic E-state index is 11.8. The number of nitrogens with zero attached hydrogens (tertiary/aromatic N) is 3. The fourth-order valence-corrected chi connectivity index (χ4v) is 5.45. The van der Waals surface area contributed by atoms with E-state index in [2.05, 4.69) is 44.4 Å². The third kappa shape index (κ3) is 6.72. The number of methoxy groups -OCH3 is 1. The summed E-state index contributed by atoms with van der Waals surface area (Å²) in [6.07, 6.45) is 1.27. The van der Waals surface area contributed by atoms with Crippen LogP contribution in [0.1, 0.15) is 12.8 Å². The number of aromatic nitrogens is 1. The number of carbonyl (C=O) groups excluding carboxylic acids is 1. The first kappa shape index (κ1) is 26.2. The van der Waals surface area contributed by atoms with Gasteiger partial charge in [-0.3, -0.25) is 4.90 Å². The molecule has 0 unspecified atom stereocenters. The minimum absolute atomic E-state index is 0.128. The van der Waals surface area contributed by atoms with Crippen LogP contribution in [-0.2, 0) is 9.47 Å². The molecule has 1 fully saturated rings. The van der Waals surface area contributed by atoms with E-state index in [-0.39, 0.29) is 12.5 Å². The summed E-state index contributed by atoms with van der Waals surface area (Å²) < 4.78 is 22.3. The Morgan fingerprint density at radius 3 is 2.71 bits per heavy atom. The van der Waals surface area contributed by atoms with Crippen LogP contribution in [0.25, 0.3) is 21.0 Å². The van der Waals surface area contributed by atoms with Crippen LogP contribution in [0, 0.1) is 0 Å². The standard InChI is InChI=1S/C29H33N3O5S/c1-34-18-19-36-29(33)37-28-10-8-22-7-9-23(21-25(22)30-28)35-17-3-2-12-31-13-15-32(16-14-31)26-5-4-6-27-24(26)11-20-38-27/h4-11,20-21H,2-3,12-19H2,1H3. The lowest BCUT2D eigenvalue weighted by atomic mass is 10.2. The molecule has 0 amide bonds. The molecule has 0 aliphatic carbocycles. The van der Waals surface area contributed by atoms with E-state index in [0.717, 1.165) is 56.7 Å². The molecule has 1 saturated heterocycles. The molecule has 0 saturated carbocycles. The van der Waals surface area contributed by atoms with Gasteiger partial charge in [0.05, 0.1) is 18.7 Å². The molecule has 8 nitrogen and oxygen atoms in total. The lowest BCUT2D eigenvalue weighted by Crippen LogP contribution is -2.46. The van der Waals surface area contributed by atoms with Crippen molar-refractivity contribution in [3.63, 3.8) is 0 Å². The Hall–Kier alpha value is -3.40. The average molecular weight is 536 g/mol. The molecule has 0 atom stereocenters. The van der Waals surface area contributed by atoms with E-state index < -0.39 is 6.16 Å². The quantitative estimate of drug-likeness (QED) is 0.182. The Kier molecular flexibility index (Phi) is 8.90. The minimum Gasteiger partial charge on any atom is -0.494 e. The summed E-state index contributed by atoms with van der Waals surface area (Å²) in [6, 6.07) is 18.1. The van der Waals surface area contributed by atoms with Gasteiger partial charge in [-0.1, -0.05) is 6.07 Å². The maximum absolute atomic E-state index is 11.8. The number of piperazine rings is 1. The Bertz CT molecular complexity index is 1350. The first-order valence-corrected chi connectivity index (χ1v) is 13.9. The van der Waals surface area contributed by atoms with Crippen molar-refractivity contribution in [1.29, 1.82) is 0 Å². The van der Waals surface area contributed by atoms with Gasteiger partial charge >= 0.3 is 6.16 Å². The molecular formula is C29H33N3O5S. The molecule has 9 heteroatoms. The molecule has 1 aliphatic rings. The minimum atomic E-state index is -0.803. The van der Waals surface area contributed by atoms with Crippen LogP contribution < -0.4 is 14.4 Å². The summed E-state index contributed by atoms with van der Waals surface area (Å²) in [6.45, 7) is 6.46. The van der Waals surface area contributed by atoms with Gasteiger partial charge in [0.25, 0.3) is 0 Å². The third-order valence-electron chi connectivity index (χ3n) is 6.66. The van der Waals surface area contributed by atoms with E-state index >= 15 is 0 Å². The van der Waals surface area contributed by atoms with Crippen molar-refractivity contribution in [2.24, 2.45) is 0 Å². The zero-order valence-corrected chi connectivity index (χ0v) is 22.5. The van der Waals surface area contributed by atoms with Crippen LogP contribution in [0.2, 0.25) is 0 Å². The number of anilines is 1. The number of hydrogen-bond donors (Lipinski definition) is 0. The maximum Gasteiger partial charge on any atom is 0.515 e. The summed E-state index contributed by atoms with van der Waals surface area (Å²) >= 11 is 1.81. The fraction of sp³-hybridized carbons (Fsp3) is 0.379. The van der Waals surface area contributed by atoms with Crippen molar-refractivity contribution in [1.82, 2.24) is 9.88 Å². The van der Waals surface area contributed by atoms with Gasteiger partial charge in [-0.25, -0.2) is 9.78 Å². The molecular weight excluding hydrogens is 502 g/mol. The highest BCUT2D eigenvalue weighted by Crippen LogP contribution is 2.31. The van der Waals surface area contributed by atoms with Gasteiger partial charge in [0.1, 0.15) is 12.4 Å². The van der Waals surface area contributed by atoms with E-state index in [9.17, 15) is 4.79 Å². The van der Waals surface area contributed by atoms with Gasteiger partial charge < -0.3 is 23.8 Å². The molecule has 0 N–H and O–H groups in total. The van der Waals surface area contributed by atoms with E-state index in [1.807, 2.05) is 35.6 Å². The van der Waals surface area contributed by atoms with Crippen LogP contribution in [-0.4, -0.2) is 75.7 Å². The number of rotatable bonds is 11. The second kappa shape index (κ2) is 12.9. The number of pyridine rings is 1. The Morgan fingerprint density at radius 1 is 0.974 bits per heavy atom. The number of unbranched alkanes of at least 4 members (excludes halogenated alkanes) is 1. The number of benzene rings is 2. The van der Waals surface area contributed by atoms with Crippen LogP contribution in [0.4, 0.5) is 10.5 Å². The highest BCUT2D eigenvalue weighted by Gasteiger charge is 2.18. The van der Waals surface area contributed by atoms with Crippen molar-refractivity contribution in [2.45, 2.75) is 12.8 Å². The highest BCUT2D eigenvalue weighted by molar-refractivity contribution is 7.17. The Morgan fingerprint density at radius 2 is 1.84 bits per heavy atom. The Labute approximate surface area is 226 Å². The lowest BCUT2D eigenvalue weighted by Gasteiger charge is -2.36. The van der Waals surface area contributed by atoms with Gasteiger partial charge in [0.15, 0.2) is 0 Å². The van der Waals surface area contributed by atoms with Crippen molar-refractivity contribution in [2.75, 3.05) is 64.6 Å². The van der Waals surface area contributed by atoms with Crippen LogP contribution in [0.5, 0.6) is 11.6 Å². The molecule has 3 heterocycles. The van der Waals surface area contributed by atoms with Crippen molar-refractivity contribution in [3.8, 4) is 11.6 Å². The summed E-state index contributed by atoms with van der Waals surface area (Å²) in [5.74, 6) is 0.935. The predicted octanol–water partition coefficient (Wildman–Crippen LogP) is 5.59. The monoisotopic (exact) mass is 535 g/mol. The molecule has 2 aromatic carbocycles. The summed E-state index contributed by atoms with van der Waals surface area (Å²) in [5, 5.41) is 4.49. The molecule has 1 aliphatic heterocycles. The molecule has 38 heavy (non-hydrogen) atoms. The predicted molar refractivity (Wildman–Crippen MR) is 151 cm³/mol. The van der Waals surface area contributed by atoms with Gasteiger partial charge in [0.2, 0.25) is 5.88 Å². The molecule has 4 aromatic rings. The van der Waals surface area contributed by atoms with Gasteiger partial charge in [0, 0.05) is 66.6 Å². The summed E-state index contributed by atoms with van der Waals surface area (Å²) in [5.41, 5.74) is 2.06. The Balaban J connectivity index is 1.03. The van der Waals surface area contributed by atoms with Gasteiger partial charge in [-0.05, 0) is 61.2 Å².